The van der Waals surface area contributed by atoms with Crippen molar-refractivity contribution in [2.75, 3.05) is 26.2 Å². The molecule has 1 fully saturated rings. The maximum absolute atomic E-state index is 12.9. The molecule has 1 amide bonds. The van der Waals surface area contributed by atoms with Crippen LogP contribution in [0.1, 0.15) is 48.9 Å². The highest BCUT2D eigenvalue weighted by Gasteiger charge is 2.35. The van der Waals surface area contributed by atoms with E-state index in [2.05, 4.69) is 19.8 Å². The van der Waals surface area contributed by atoms with Crippen LogP contribution in [-0.4, -0.2) is 46.6 Å². The molecule has 1 unspecified atom stereocenters. The van der Waals surface area contributed by atoms with Crippen LogP contribution in [-0.2, 0) is 6.67 Å². The molecule has 1 spiro atoms. The van der Waals surface area contributed by atoms with Crippen LogP contribution in [0.5, 0.6) is 5.75 Å². The lowest BCUT2D eigenvalue weighted by Crippen LogP contribution is -2.49. The fraction of sp³-hybridized carbons (Fsp3) is 0.545. The Morgan fingerprint density at radius 1 is 1.14 bits per heavy atom. The van der Waals surface area contributed by atoms with E-state index in [1.54, 1.807) is 0 Å². The number of hydrogen-bond donors (Lipinski definition) is 1. The summed E-state index contributed by atoms with van der Waals surface area (Å²) in [7, 11) is 0. The van der Waals surface area contributed by atoms with Crippen molar-refractivity contribution in [3.63, 3.8) is 0 Å². The third-order valence-electron chi connectivity index (χ3n) is 6.03. The van der Waals surface area contributed by atoms with Crippen LogP contribution in [0.2, 0.25) is 0 Å². The number of likely N-dealkylation sites (tertiary alicyclic amines) is 1. The fourth-order valence-electron chi connectivity index (χ4n) is 4.57. The first-order valence-corrected chi connectivity index (χ1v) is 10.4. The summed E-state index contributed by atoms with van der Waals surface area (Å²) in [6.07, 6.45) is 12.6. The zero-order valence-corrected chi connectivity index (χ0v) is 16.5. The third-order valence-corrected chi connectivity index (χ3v) is 6.03. The van der Waals surface area contributed by atoms with Gasteiger partial charge in [0, 0.05) is 30.9 Å². The van der Waals surface area contributed by atoms with Gasteiger partial charge < -0.3 is 14.6 Å². The van der Waals surface area contributed by atoms with Crippen molar-refractivity contribution in [3.05, 3.63) is 48.5 Å². The second kappa shape index (κ2) is 8.78. The van der Waals surface area contributed by atoms with Crippen molar-refractivity contribution in [1.29, 1.82) is 0 Å². The molecular weight excluding hydrogens is 352 g/mol. The molecule has 0 radical (unpaired) electrons. The molecule has 0 saturated carbocycles. The molecule has 6 nitrogen and oxygen atoms in total. The van der Waals surface area contributed by atoms with E-state index in [-0.39, 0.29) is 11.3 Å². The Morgan fingerprint density at radius 3 is 2.93 bits per heavy atom. The zero-order chi connectivity index (χ0) is 19.2. The minimum absolute atomic E-state index is 0.0257. The predicted octanol–water partition coefficient (Wildman–Crippen LogP) is 3.31. The first kappa shape index (κ1) is 19.0. The van der Waals surface area contributed by atoms with Gasteiger partial charge in [0.1, 0.15) is 5.75 Å². The van der Waals surface area contributed by atoms with Gasteiger partial charge in [0.25, 0.3) is 5.91 Å². The summed E-state index contributed by atoms with van der Waals surface area (Å²) in [6, 6.07) is 7.57. The number of fused-ring (bicyclic) bond motifs is 1. The van der Waals surface area contributed by atoms with Crippen LogP contribution in [0.3, 0.4) is 0 Å². The topological polar surface area (TPSA) is 59.4 Å². The minimum atomic E-state index is -0.0257. The number of aromatic nitrogens is 2. The number of rotatable bonds is 2. The smallest absolute Gasteiger partial charge is 0.255 e. The average Bonchev–Trinajstić information content (AvgIpc) is 3.22. The Balaban J connectivity index is 1.49. The second-order valence-corrected chi connectivity index (χ2v) is 8.21. The van der Waals surface area contributed by atoms with Crippen molar-refractivity contribution in [3.8, 4) is 5.75 Å². The van der Waals surface area contributed by atoms with Gasteiger partial charge in [-0.15, -0.1) is 0 Å². The van der Waals surface area contributed by atoms with E-state index >= 15 is 0 Å². The molecule has 2 aromatic rings. The highest BCUT2D eigenvalue weighted by Crippen LogP contribution is 2.35. The van der Waals surface area contributed by atoms with Gasteiger partial charge in [-0.3, -0.25) is 9.69 Å². The van der Waals surface area contributed by atoms with Crippen LogP contribution in [0, 0.1) is 5.41 Å². The van der Waals surface area contributed by atoms with E-state index in [0.717, 1.165) is 39.1 Å². The zero-order valence-electron chi connectivity index (χ0n) is 16.5. The summed E-state index contributed by atoms with van der Waals surface area (Å²) >= 11 is 0. The number of carbonyl (C=O) groups excluding carboxylic acids is 1. The predicted molar refractivity (Wildman–Crippen MR) is 108 cm³/mol. The number of carbonyl (C=O) groups is 1. The number of nitrogens with zero attached hydrogens (tertiary/aromatic N) is 3. The van der Waals surface area contributed by atoms with Crippen molar-refractivity contribution < 1.29 is 9.53 Å². The largest absolute Gasteiger partial charge is 0.493 e. The summed E-state index contributed by atoms with van der Waals surface area (Å²) in [5.41, 5.74) is 0.785. The lowest BCUT2D eigenvalue weighted by molar-refractivity contribution is 0.0523. The number of piperidine rings is 1. The standard InChI is InChI=1S/C22H30N4O2/c27-21-19-7-2-3-8-20(19)28-14-5-1-4-9-22(15-24-21)10-6-12-25(16-22)18-26-13-11-23-17-26/h2-3,7-8,11,13,17H,1,4-6,9-10,12,14-16,18H2,(H,24,27). The lowest BCUT2D eigenvalue weighted by Gasteiger charge is -2.43. The number of benzene rings is 1. The first-order chi connectivity index (χ1) is 13.7. The van der Waals surface area contributed by atoms with Gasteiger partial charge in [-0.2, -0.15) is 0 Å². The normalized spacial score (nSPS) is 24.5. The number of ether oxygens (including phenoxy) is 1. The van der Waals surface area contributed by atoms with E-state index in [9.17, 15) is 4.79 Å². The van der Waals surface area contributed by atoms with Crippen molar-refractivity contribution >= 4 is 5.91 Å². The van der Waals surface area contributed by atoms with Gasteiger partial charge in [0.2, 0.25) is 0 Å². The molecular formula is C22H30N4O2. The van der Waals surface area contributed by atoms with Gasteiger partial charge in [-0.25, -0.2) is 4.98 Å². The van der Waals surface area contributed by atoms with E-state index in [1.165, 1.54) is 25.7 Å². The van der Waals surface area contributed by atoms with Gasteiger partial charge in [-0.1, -0.05) is 25.0 Å². The van der Waals surface area contributed by atoms with Gasteiger partial charge in [-0.05, 0) is 44.4 Å². The number of imidazole rings is 1. The summed E-state index contributed by atoms with van der Waals surface area (Å²) in [4.78, 5) is 19.5. The number of para-hydroxylation sites is 1. The Hall–Kier alpha value is -2.34. The molecule has 3 heterocycles. The molecule has 1 atom stereocenters. The van der Waals surface area contributed by atoms with Crippen molar-refractivity contribution in [2.45, 2.75) is 45.2 Å². The molecule has 1 saturated heterocycles. The van der Waals surface area contributed by atoms with E-state index in [4.69, 9.17) is 4.74 Å². The van der Waals surface area contributed by atoms with Crippen LogP contribution in [0.4, 0.5) is 0 Å². The van der Waals surface area contributed by atoms with Crippen LogP contribution >= 0.6 is 0 Å². The Labute approximate surface area is 166 Å². The van der Waals surface area contributed by atoms with Crippen LogP contribution < -0.4 is 10.1 Å². The third kappa shape index (κ3) is 4.55. The number of hydrogen-bond acceptors (Lipinski definition) is 4. The fourth-order valence-corrected chi connectivity index (χ4v) is 4.57. The molecule has 0 aliphatic carbocycles. The molecule has 4 rings (SSSR count). The highest BCUT2D eigenvalue weighted by atomic mass is 16.5. The Bertz CT molecular complexity index is 777. The molecule has 1 N–H and O–H groups in total. The number of amides is 1. The summed E-state index contributed by atoms with van der Waals surface area (Å²) < 4.78 is 7.99. The quantitative estimate of drug-likeness (QED) is 0.866. The maximum Gasteiger partial charge on any atom is 0.255 e. The van der Waals surface area contributed by atoms with E-state index in [0.29, 0.717) is 17.9 Å². The second-order valence-electron chi connectivity index (χ2n) is 8.21. The molecule has 2 aliphatic rings. The van der Waals surface area contributed by atoms with Gasteiger partial charge in [0.05, 0.1) is 25.2 Å². The molecule has 6 heteroatoms. The minimum Gasteiger partial charge on any atom is -0.493 e. The Kier molecular flexibility index (Phi) is 5.95. The van der Waals surface area contributed by atoms with Crippen molar-refractivity contribution in [1.82, 2.24) is 19.8 Å². The van der Waals surface area contributed by atoms with Gasteiger partial charge >= 0.3 is 0 Å². The molecule has 1 aromatic heterocycles. The highest BCUT2D eigenvalue weighted by molar-refractivity contribution is 5.96. The molecule has 2 aliphatic heterocycles. The summed E-state index contributed by atoms with van der Waals surface area (Å²) in [5.74, 6) is 0.669. The average molecular weight is 383 g/mol. The first-order valence-electron chi connectivity index (χ1n) is 10.4. The summed E-state index contributed by atoms with van der Waals surface area (Å²) in [5, 5.41) is 3.23. The van der Waals surface area contributed by atoms with Crippen LogP contribution in [0.15, 0.2) is 43.0 Å². The van der Waals surface area contributed by atoms with E-state index in [1.807, 2.05) is 43.0 Å². The number of nitrogens with one attached hydrogen (secondary N) is 1. The van der Waals surface area contributed by atoms with E-state index < -0.39 is 0 Å². The summed E-state index contributed by atoms with van der Waals surface area (Å²) in [6.45, 7) is 4.38. The maximum atomic E-state index is 12.9. The molecule has 0 bridgehead atoms. The van der Waals surface area contributed by atoms with Crippen LogP contribution in [0.25, 0.3) is 0 Å². The van der Waals surface area contributed by atoms with Crippen molar-refractivity contribution in [2.24, 2.45) is 5.41 Å². The van der Waals surface area contributed by atoms with Gasteiger partial charge in [0.15, 0.2) is 0 Å². The molecule has 28 heavy (non-hydrogen) atoms. The SMILES string of the molecule is O=C1NCC2(CCCCCOc3ccccc31)CCCN(Cn1ccnc1)C2. The molecule has 150 valence electrons. The Morgan fingerprint density at radius 2 is 2.04 bits per heavy atom. The monoisotopic (exact) mass is 382 g/mol. The lowest BCUT2D eigenvalue weighted by atomic mass is 9.75. The molecule has 1 aromatic carbocycles.